The van der Waals surface area contributed by atoms with Gasteiger partial charge >= 0.3 is 0 Å². The summed E-state index contributed by atoms with van der Waals surface area (Å²) in [5.41, 5.74) is 1.09. The molecule has 43 heavy (non-hydrogen) atoms. The van der Waals surface area contributed by atoms with Gasteiger partial charge in [0.25, 0.3) is 11.5 Å². The molecule has 0 saturated carbocycles. The molecule has 0 saturated heterocycles. The van der Waals surface area contributed by atoms with Gasteiger partial charge in [0.05, 0.1) is 32.1 Å². The number of amides is 1. The minimum absolute atomic E-state index is 0.0136. The van der Waals surface area contributed by atoms with Gasteiger partial charge in [-0.15, -0.1) is 5.10 Å². The number of aromatic nitrogens is 4. The highest BCUT2D eigenvalue weighted by Crippen LogP contribution is 2.47. The van der Waals surface area contributed by atoms with Gasteiger partial charge in [0, 0.05) is 49.1 Å². The van der Waals surface area contributed by atoms with Crippen molar-refractivity contribution >= 4 is 11.6 Å². The first kappa shape index (κ1) is 29.7. The number of carbonyl (C=O) groups excluding carboxylic acids is 1. The Bertz CT molecular complexity index is 1700. The number of ether oxygens (including phenoxy) is 2. The van der Waals surface area contributed by atoms with Crippen LogP contribution in [-0.2, 0) is 29.9 Å². The van der Waals surface area contributed by atoms with E-state index in [4.69, 9.17) is 14.6 Å². The summed E-state index contributed by atoms with van der Waals surface area (Å²) in [5, 5.41) is 29.2. The Morgan fingerprint density at radius 2 is 1.91 bits per heavy atom. The van der Waals surface area contributed by atoms with E-state index in [-0.39, 0.29) is 24.5 Å². The molecule has 224 valence electrons. The molecule has 5 rings (SSSR count). The number of aryl methyl sites for hydroxylation is 1. The number of nitrogens with zero attached hydrogens (tertiary/aromatic N) is 5. The average Bonchev–Trinajstić information content (AvgIpc) is 3.56. The number of hydrogen-bond donors (Lipinski definition) is 2. The second kappa shape index (κ2) is 12.6. The Balaban J connectivity index is 1.39. The van der Waals surface area contributed by atoms with E-state index in [0.717, 1.165) is 11.3 Å². The summed E-state index contributed by atoms with van der Waals surface area (Å²) >= 11 is 0. The fraction of sp³-hybridized carbons (Fsp3) is 0.312. The first-order valence-electron chi connectivity index (χ1n) is 14.0. The smallest absolute Gasteiger partial charge is 0.297 e. The van der Waals surface area contributed by atoms with Crippen LogP contribution in [0.5, 0.6) is 11.5 Å². The number of fused-ring (bicyclic) bond motifs is 1. The molecule has 2 aromatic heterocycles. The molecule has 0 unspecified atom stereocenters. The second-order valence-corrected chi connectivity index (χ2v) is 10.4. The van der Waals surface area contributed by atoms with Crippen molar-refractivity contribution in [2.45, 2.75) is 38.5 Å². The number of aliphatic hydroxyl groups excluding tert-OH is 1. The Hall–Kier alpha value is -4.74. The monoisotopic (exact) mass is 585 g/mol. The zero-order valence-electron chi connectivity index (χ0n) is 24.4. The lowest BCUT2D eigenvalue weighted by atomic mass is 9.83. The lowest BCUT2D eigenvalue weighted by molar-refractivity contribution is -0.139. The van der Waals surface area contributed by atoms with Crippen molar-refractivity contribution in [2.75, 3.05) is 25.7 Å². The topological polar surface area (TPSA) is 132 Å². The molecule has 4 aromatic rings. The highest BCUT2D eigenvalue weighted by atomic mass is 16.5. The molecule has 3 heterocycles. The Morgan fingerprint density at radius 1 is 1.07 bits per heavy atom. The van der Waals surface area contributed by atoms with Gasteiger partial charge < -0.3 is 24.6 Å². The van der Waals surface area contributed by atoms with E-state index in [1.165, 1.54) is 11.7 Å². The molecule has 0 bridgehead atoms. The number of aliphatic hydroxyl groups is 2. The highest BCUT2D eigenvalue weighted by Gasteiger charge is 2.52. The molecule has 0 fully saturated rings. The number of pyridine rings is 1. The number of hydrogen-bond acceptors (Lipinski definition) is 8. The van der Waals surface area contributed by atoms with Crippen LogP contribution < -0.4 is 19.9 Å². The second-order valence-electron chi connectivity index (χ2n) is 10.4. The number of anilines is 1. The van der Waals surface area contributed by atoms with Gasteiger partial charge in [-0.1, -0.05) is 36.4 Å². The quantitative estimate of drug-likeness (QED) is 0.243. The zero-order chi connectivity index (χ0) is 30.6. The lowest BCUT2D eigenvalue weighted by Gasteiger charge is -2.28. The molecular weight excluding hydrogens is 550 g/mol. The third kappa shape index (κ3) is 5.81. The number of allylic oxidation sites excluding steroid dienone is 1. The van der Waals surface area contributed by atoms with Gasteiger partial charge in [-0.2, -0.15) is 0 Å². The van der Waals surface area contributed by atoms with Gasteiger partial charge in [0.2, 0.25) is 0 Å². The Kier molecular flexibility index (Phi) is 8.74. The minimum Gasteiger partial charge on any atom is -0.497 e. The van der Waals surface area contributed by atoms with Gasteiger partial charge in [-0.3, -0.25) is 18.8 Å². The van der Waals surface area contributed by atoms with Crippen LogP contribution in [0.1, 0.15) is 30.2 Å². The number of carbonyl (C=O) groups is 1. The van der Waals surface area contributed by atoms with Crippen LogP contribution in [0.2, 0.25) is 0 Å². The molecule has 0 radical (unpaired) electrons. The third-order valence-corrected chi connectivity index (χ3v) is 7.70. The summed E-state index contributed by atoms with van der Waals surface area (Å²) < 4.78 is 13.8. The maximum absolute atomic E-state index is 14.0. The predicted molar refractivity (Wildman–Crippen MR) is 160 cm³/mol. The number of rotatable bonds is 12. The molecule has 1 amide bonds. The van der Waals surface area contributed by atoms with Crippen LogP contribution in [-0.4, -0.2) is 56.5 Å². The van der Waals surface area contributed by atoms with E-state index < -0.39 is 17.4 Å². The molecule has 11 heteroatoms. The molecule has 0 aliphatic carbocycles. The molecule has 1 aliphatic rings. The SMILES string of the molecule is COc1ccc2c(c1)[C@@](O)([C@H](C)/C=C/CCn1cc(CCO)nn1)C(=O)N2Cc1cccc(-n2cccc(OC)c2=O)c1. The lowest BCUT2D eigenvalue weighted by Crippen LogP contribution is -2.44. The Morgan fingerprint density at radius 3 is 2.67 bits per heavy atom. The summed E-state index contributed by atoms with van der Waals surface area (Å²) in [6.07, 6.45) is 8.28. The molecule has 0 spiro atoms. The highest BCUT2D eigenvalue weighted by molar-refractivity contribution is 6.07. The largest absolute Gasteiger partial charge is 0.497 e. The van der Waals surface area contributed by atoms with E-state index in [1.54, 1.807) is 59.4 Å². The van der Waals surface area contributed by atoms with Crippen molar-refractivity contribution in [3.8, 4) is 17.2 Å². The van der Waals surface area contributed by atoms with Crippen LogP contribution in [0.3, 0.4) is 0 Å². The standard InChI is InChI=1S/C32H35N5O6/c1-22(8-4-5-15-35-21-24(14-17-38)33-34-35)32(41)27-19-26(42-2)12-13-28(27)37(31(32)40)20-23-9-6-10-25(18-23)36-16-7-11-29(43-3)30(36)39/h4,6-13,16,18-19,21-22,38,41H,5,14-15,17,20H2,1-3H3/b8-4+/t22-,32+/m1/s1. The maximum Gasteiger partial charge on any atom is 0.297 e. The minimum atomic E-state index is -1.82. The van der Waals surface area contributed by atoms with Crippen LogP contribution in [0.15, 0.2) is 83.9 Å². The molecule has 2 atom stereocenters. The summed E-state index contributed by atoms with van der Waals surface area (Å²) in [6.45, 7) is 2.58. The third-order valence-electron chi connectivity index (χ3n) is 7.70. The zero-order valence-corrected chi connectivity index (χ0v) is 24.4. The van der Waals surface area contributed by atoms with E-state index in [2.05, 4.69) is 10.3 Å². The van der Waals surface area contributed by atoms with Crippen molar-refractivity contribution in [1.29, 1.82) is 0 Å². The summed E-state index contributed by atoms with van der Waals surface area (Å²) in [6, 6.07) is 16.0. The van der Waals surface area contributed by atoms with Crippen LogP contribution in [0.4, 0.5) is 5.69 Å². The van der Waals surface area contributed by atoms with Crippen molar-refractivity contribution < 1.29 is 24.5 Å². The van der Waals surface area contributed by atoms with Gasteiger partial charge in [0.1, 0.15) is 5.75 Å². The number of methoxy groups -OCH3 is 2. The molecule has 2 aromatic carbocycles. The predicted octanol–water partition coefficient (Wildman–Crippen LogP) is 3.00. The first-order chi connectivity index (χ1) is 20.8. The van der Waals surface area contributed by atoms with E-state index in [9.17, 15) is 14.7 Å². The van der Waals surface area contributed by atoms with Crippen LogP contribution in [0.25, 0.3) is 5.69 Å². The fourth-order valence-corrected chi connectivity index (χ4v) is 5.35. The summed E-state index contributed by atoms with van der Waals surface area (Å²) in [5.74, 6) is -0.238. The average molecular weight is 586 g/mol. The van der Waals surface area contributed by atoms with Crippen LogP contribution >= 0.6 is 0 Å². The molecule has 1 aliphatic heterocycles. The van der Waals surface area contributed by atoms with Gasteiger partial charge in [-0.05, 0) is 54.4 Å². The normalized spacial score (nSPS) is 17.0. The fourth-order valence-electron chi connectivity index (χ4n) is 5.35. The van der Waals surface area contributed by atoms with Crippen molar-refractivity contribution in [2.24, 2.45) is 5.92 Å². The van der Waals surface area contributed by atoms with E-state index >= 15 is 0 Å². The van der Waals surface area contributed by atoms with Crippen molar-refractivity contribution in [1.82, 2.24) is 19.6 Å². The van der Waals surface area contributed by atoms with E-state index in [1.807, 2.05) is 43.3 Å². The first-order valence-corrected chi connectivity index (χ1v) is 14.0. The van der Waals surface area contributed by atoms with Crippen LogP contribution in [0, 0.1) is 5.92 Å². The molecular formula is C32H35N5O6. The number of benzene rings is 2. The Labute approximate surface area is 249 Å². The molecule has 11 nitrogen and oxygen atoms in total. The maximum atomic E-state index is 14.0. The van der Waals surface area contributed by atoms with Gasteiger partial charge in [0.15, 0.2) is 11.4 Å². The van der Waals surface area contributed by atoms with Gasteiger partial charge in [-0.25, -0.2) is 0 Å². The van der Waals surface area contributed by atoms with Crippen molar-refractivity contribution in [3.63, 3.8) is 0 Å². The summed E-state index contributed by atoms with van der Waals surface area (Å²) in [4.78, 5) is 28.4. The summed E-state index contributed by atoms with van der Waals surface area (Å²) in [7, 11) is 2.99. The molecule has 2 N–H and O–H groups in total. The van der Waals surface area contributed by atoms with Crippen molar-refractivity contribution in [3.05, 3.63) is 106 Å². The van der Waals surface area contributed by atoms with E-state index in [0.29, 0.717) is 42.1 Å².